The van der Waals surface area contributed by atoms with Gasteiger partial charge in [-0.3, -0.25) is 4.90 Å². The molecule has 25 heavy (non-hydrogen) atoms. The Labute approximate surface area is 149 Å². The highest BCUT2D eigenvalue weighted by Crippen LogP contribution is 2.45. The second kappa shape index (κ2) is 6.15. The first-order valence-corrected chi connectivity index (χ1v) is 9.82. The fraction of sp³-hybridized carbons (Fsp3) is 0.455. The van der Waals surface area contributed by atoms with E-state index in [1.54, 1.807) is 0 Å². The van der Waals surface area contributed by atoms with Crippen LogP contribution in [0.1, 0.15) is 31.4 Å². The summed E-state index contributed by atoms with van der Waals surface area (Å²) in [7, 11) is 0. The number of fused-ring (bicyclic) bond motifs is 3. The number of benzene rings is 2. The van der Waals surface area contributed by atoms with E-state index in [9.17, 15) is 0 Å². The van der Waals surface area contributed by atoms with E-state index in [0.717, 1.165) is 25.6 Å². The highest BCUT2D eigenvalue weighted by atomic mass is 15.2. The lowest BCUT2D eigenvalue weighted by Crippen LogP contribution is -2.45. The Kier molecular flexibility index (Phi) is 3.79. The number of aryl methyl sites for hydroxylation is 1. The molecule has 2 aliphatic rings. The van der Waals surface area contributed by atoms with Gasteiger partial charge < -0.3 is 9.88 Å². The molecular weight excluding hydrogens is 306 g/mol. The molecule has 130 valence electrons. The predicted octanol–water partition coefficient (Wildman–Crippen LogP) is 4.17. The molecule has 1 aliphatic heterocycles. The van der Waals surface area contributed by atoms with Crippen LogP contribution >= 0.6 is 0 Å². The van der Waals surface area contributed by atoms with Gasteiger partial charge in [-0.1, -0.05) is 24.3 Å². The molecule has 1 saturated heterocycles. The van der Waals surface area contributed by atoms with Crippen LogP contribution in [0.25, 0.3) is 21.8 Å². The predicted molar refractivity (Wildman–Crippen MR) is 105 cm³/mol. The van der Waals surface area contributed by atoms with Crippen molar-refractivity contribution in [3.05, 3.63) is 48.0 Å². The standard InChI is InChI=1S/C22H27N3/c1-2-25-20-6-4-3-5-18(20)19-15-17(9-10-21(19)25)22(16-7-8-16)24-13-11-23-12-14-24/h3-6,9-10,15-16,22-23H,2,7-8,11-14H2,1H3/t22-/m1/s1. The summed E-state index contributed by atoms with van der Waals surface area (Å²) in [6.07, 6.45) is 2.78. The van der Waals surface area contributed by atoms with Crippen molar-refractivity contribution in [2.75, 3.05) is 26.2 Å². The molecule has 0 spiro atoms. The molecule has 2 fully saturated rings. The number of rotatable bonds is 4. The van der Waals surface area contributed by atoms with Crippen LogP contribution in [0.5, 0.6) is 0 Å². The highest BCUT2D eigenvalue weighted by Gasteiger charge is 2.36. The number of nitrogens with zero attached hydrogens (tertiary/aromatic N) is 2. The van der Waals surface area contributed by atoms with E-state index in [1.165, 1.54) is 53.3 Å². The van der Waals surface area contributed by atoms with E-state index in [4.69, 9.17) is 0 Å². The van der Waals surface area contributed by atoms with Gasteiger partial charge in [-0.25, -0.2) is 0 Å². The van der Waals surface area contributed by atoms with Crippen LogP contribution in [0, 0.1) is 5.92 Å². The largest absolute Gasteiger partial charge is 0.341 e. The lowest BCUT2D eigenvalue weighted by Gasteiger charge is -2.35. The minimum atomic E-state index is 0.607. The molecule has 2 heterocycles. The zero-order valence-corrected chi connectivity index (χ0v) is 15.0. The molecular formula is C22H27N3. The Morgan fingerprint density at radius 2 is 1.76 bits per heavy atom. The molecule has 1 N–H and O–H groups in total. The molecule has 1 aliphatic carbocycles. The van der Waals surface area contributed by atoms with Gasteiger partial charge in [0.15, 0.2) is 0 Å². The number of nitrogens with one attached hydrogen (secondary N) is 1. The van der Waals surface area contributed by atoms with Gasteiger partial charge in [0.2, 0.25) is 0 Å². The van der Waals surface area contributed by atoms with Crippen LogP contribution in [0.4, 0.5) is 0 Å². The fourth-order valence-electron chi connectivity index (χ4n) is 4.75. The average molecular weight is 333 g/mol. The van der Waals surface area contributed by atoms with Gasteiger partial charge in [0.05, 0.1) is 0 Å². The van der Waals surface area contributed by atoms with Crippen molar-refractivity contribution in [2.45, 2.75) is 32.4 Å². The van der Waals surface area contributed by atoms with Crippen LogP contribution in [-0.2, 0) is 6.54 Å². The van der Waals surface area contributed by atoms with E-state index in [-0.39, 0.29) is 0 Å². The maximum Gasteiger partial charge on any atom is 0.0491 e. The van der Waals surface area contributed by atoms with Crippen LogP contribution in [0.15, 0.2) is 42.5 Å². The molecule has 0 radical (unpaired) electrons. The quantitative estimate of drug-likeness (QED) is 0.773. The Morgan fingerprint density at radius 1 is 1.00 bits per heavy atom. The van der Waals surface area contributed by atoms with Gasteiger partial charge in [0.1, 0.15) is 0 Å². The van der Waals surface area contributed by atoms with Gasteiger partial charge in [-0.05, 0) is 49.4 Å². The number of para-hydroxylation sites is 1. The van der Waals surface area contributed by atoms with Gasteiger partial charge >= 0.3 is 0 Å². The van der Waals surface area contributed by atoms with E-state index in [0.29, 0.717) is 6.04 Å². The molecule has 0 unspecified atom stereocenters. The zero-order chi connectivity index (χ0) is 16.8. The molecule has 3 aromatic rings. The monoisotopic (exact) mass is 333 g/mol. The van der Waals surface area contributed by atoms with E-state index < -0.39 is 0 Å². The molecule has 1 saturated carbocycles. The molecule has 0 bridgehead atoms. The smallest absolute Gasteiger partial charge is 0.0491 e. The van der Waals surface area contributed by atoms with Crippen molar-refractivity contribution in [2.24, 2.45) is 5.92 Å². The summed E-state index contributed by atoms with van der Waals surface area (Å²) in [6, 6.07) is 16.7. The summed E-state index contributed by atoms with van der Waals surface area (Å²) in [5.41, 5.74) is 4.26. The second-order valence-corrected chi connectivity index (χ2v) is 7.61. The molecule has 0 amide bonds. The summed E-state index contributed by atoms with van der Waals surface area (Å²) in [6.45, 7) is 7.87. The number of piperazine rings is 1. The fourth-order valence-corrected chi connectivity index (χ4v) is 4.75. The molecule has 5 rings (SSSR count). The van der Waals surface area contributed by atoms with Crippen molar-refractivity contribution < 1.29 is 0 Å². The Hall–Kier alpha value is -1.84. The Morgan fingerprint density at radius 3 is 2.52 bits per heavy atom. The minimum Gasteiger partial charge on any atom is -0.341 e. The number of hydrogen-bond donors (Lipinski definition) is 1. The third kappa shape index (κ3) is 2.57. The summed E-state index contributed by atoms with van der Waals surface area (Å²) in [5.74, 6) is 0.857. The summed E-state index contributed by atoms with van der Waals surface area (Å²) in [5, 5.41) is 6.33. The highest BCUT2D eigenvalue weighted by molar-refractivity contribution is 6.08. The second-order valence-electron chi connectivity index (χ2n) is 7.61. The lowest BCUT2D eigenvalue weighted by atomic mass is 9.97. The van der Waals surface area contributed by atoms with E-state index >= 15 is 0 Å². The van der Waals surface area contributed by atoms with Crippen LogP contribution in [-0.4, -0.2) is 35.6 Å². The topological polar surface area (TPSA) is 20.2 Å². The first-order chi connectivity index (χ1) is 12.4. The summed E-state index contributed by atoms with van der Waals surface area (Å²) < 4.78 is 2.45. The Balaban J connectivity index is 1.65. The molecule has 1 atom stereocenters. The van der Waals surface area contributed by atoms with Gasteiger partial charge in [0.25, 0.3) is 0 Å². The van der Waals surface area contributed by atoms with Crippen LogP contribution in [0.3, 0.4) is 0 Å². The van der Waals surface area contributed by atoms with Crippen molar-refractivity contribution in [1.82, 2.24) is 14.8 Å². The number of aromatic nitrogens is 1. The summed E-state index contributed by atoms with van der Waals surface area (Å²) >= 11 is 0. The van der Waals surface area contributed by atoms with Gasteiger partial charge in [-0.2, -0.15) is 0 Å². The minimum absolute atomic E-state index is 0.607. The van der Waals surface area contributed by atoms with E-state index in [2.05, 4.69) is 64.2 Å². The third-order valence-corrected chi connectivity index (χ3v) is 6.07. The first-order valence-electron chi connectivity index (χ1n) is 9.82. The molecule has 3 nitrogen and oxygen atoms in total. The van der Waals surface area contributed by atoms with Crippen molar-refractivity contribution >= 4 is 21.8 Å². The summed E-state index contributed by atoms with van der Waals surface area (Å²) in [4.78, 5) is 2.72. The Bertz CT molecular complexity index is 900. The SMILES string of the molecule is CCn1c2ccccc2c2cc([C@@H](C3CC3)N3CCNCC3)ccc21. The lowest BCUT2D eigenvalue weighted by molar-refractivity contribution is 0.156. The maximum absolute atomic E-state index is 3.50. The van der Waals surface area contributed by atoms with Crippen LogP contribution < -0.4 is 5.32 Å². The normalized spacial score (nSPS) is 20.4. The molecule has 3 heteroatoms. The molecule has 1 aromatic heterocycles. The number of hydrogen-bond acceptors (Lipinski definition) is 2. The van der Waals surface area contributed by atoms with Gasteiger partial charge in [0, 0.05) is 60.6 Å². The molecule has 2 aromatic carbocycles. The zero-order valence-electron chi connectivity index (χ0n) is 15.0. The van der Waals surface area contributed by atoms with Crippen molar-refractivity contribution in [3.8, 4) is 0 Å². The van der Waals surface area contributed by atoms with Crippen molar-refractivity contribution in [1.29, 1.82) is 0 Å². The maximum atomic E-state index is 3.50. The van der Waals surface area contributed by atoms with Crippen molar-refractivity contribution in [3.63, 3.8) is 0 Å². The third-order valence-electron chi connectivity index (χ3n) is 6.07. The first kappa shape index (κ1) is 15.4. The van der Waals surface area contributed by atoms with E-state index in [1.807, 2.05) is 0 Å². The average Bonchev–Trinajstić information content (AvgIpc) is 3.44. The van der Waals surface area contributed by atoms with Gasteiger partial charge in [-0.15, -0.1) is 0 Å². The van der Waals surface area contributed by atoms with Crippen LogP contribution in [0.2, 0.25) is 0 Å².